The molecule has 1 heterocycles. The van der Waals surface area contributed by atoms with Crippen LogP contribution in [0.1, 0.15) is 5.89 Å². The zero-order valence-electron chi connectivity index (χ0n) is 11.0. The van der Waals surface area contributed by atoms with E-state index in [1.165, 1.54) is 6.20 Å². The van der Waals surface area contributed by atoms with Crippen molar-refractivity contribution >= 4 is 28.6 Å². The van der Waals surface area contributed by atoms with Gasteiger partial charge >= 0.3 is 0 Å². The molecule has 5 nitrogen and oxygen atoms in total. The number of phenolic OH excluding ortho intramolecular Hbond substituents is 1. The van der Waals surface area contributed by atoms with Gasteiger partial charge in [0, 0.05) is 18.0 Å². The van der Waals surface area contributed by atoms with E-state index in [0.717, 1.165) is 0 Å². The maximum absolute atomic E-state index is 11.2. The van der Waals surface area contributed by atoms with Gasteiger partial charge in [0.2, 0.25) is 5.89 Å². The fraction of sp³-hybridized carbons (Fsp3) is 0. The number of nitrogens with one attached hydrogen (secondary N) is 1. The Hall–Kier alpha value is -3.08. The number of carbonyl (C=O) groups excluding carboxylic acids is 1. The van der Waals surface area contributed by atoms with Crippen LogP contribution in [0.25, 0.3) is 16.7 Å². The van der Waals surface area contributed by atoms with E-state index in [0.29, 0.717) is 23.1 Å². The number of carbonyl (C=O) groups is 1. The highest BCUT2D eigenvalue weighted by molar-refractivity contribution is 6.06. The Kier molecular flexibility index (Phi) is 3.39. The summed E-state index contributed by atoms with van der Waals surface area (Å²) in [6, 6.07) is 13.9. The number of fused-ring (bicyclic) bond motifs is 1. The van der Waals surface area contributed by atoms with Gasteiger partial charge < -0.3 is 14.8 Å². The van der Waals surface area contributed by atoms with E-state index < -0.39 is 0 Å². The van der Waals surface area contributed by atoms with E-state index in [1.807, 2.05) is 18.2 Å². The van der Waals surface area contributed by atoms with Crippen LogP contribution in [0.3, 0.4) is 0 Å². The van der Waals surface area contributed by atoms with Gasteiger partial charge in [-0.15, -0.1) is 0 Å². The minimum Gasteiger partial charge on any atom is -0.508 e. The molecule has 1 aromatic heterocycles. The molecule has 0 saturated carbocycles. The lowest BCUT2D eigenvalue weighted by atomic mass is 10.3. The highest BCUT2D eigenvalue weighted by Crippen LogP contribution is 2.21. The minimum absolute atomic E-state index is 0.142. The monoisotopic (exact) mass is 280 g/mol. The smallest absolute Gasteiger partial charge is 0.232 e. The summed E-state index contributed by atoms with van der Waals surface area (Å²) < 4.78 is 5.53. The Morgan fingerprint density at radius 3 is 2.81 bits per heavy atom. The second-order valence-electron chi connectivity index (χ2n) is 4.40. The first-order valence-corrected chi connectivity index (χ1v) is 6.33. The van der Waals surface area contributed by atoms with E-state index in [9.17, 15) is 9.90 Å². The van der Waals surface area contributed by atoms with Crippen LogP contribution in [0.15, 0.2) is 59.1 Å². The first kappa shape index (κ1) is 12.9. The maximum atomic E-state index is 11.2. The summed E-state index contributed by atoms with van der Waals surface area (Å²) >= 11 is 0. The molecular formula is C16H12N2O3. The Labute approximate surface area is 120 Å². The molecule has 104 valence electrons. The van der Waals surface area contributed by atoms with Gasteiger partial charge in [-0.1, -0.05) is 18.2 Å². The molecule has 0 amide bonds. The standard InChI is InChI=1S/C16H12N2O3/c19-10-11(9-17-12-4-3-5-13(20)8-12)16-18-14-6-1-2-7-15(14)21-16/h1-10,17,20H/b11-9+. The predicted octanol–water partition coefficient (Wildman–Crippen LogP) is 3.19. The van der Waals surface area contributed by atoms with Crippen LogP contribution in [0.4, 0.5) is 5.69 Å². The van der Waals surface area contributed by atoms with Crippen LogP contribution >= 0.6 is 0 Å². The molecule has 3 rings (SSSR count). The number of oxazole rings is 1. The molecule has 5 heteroatoms. The van der Waals surface area contributed by atoms with Crippen molar-refractivity contribution in [3.05, 3.63) is 60.6 Å². The Bertz CT molecular complexity index is 788. The van der Waals surface area contributed by atoms with Crippen molar-refractivity contribution < 1.29 is 14.3 Å². The largest absolute Gasteiger partial charge is 0.508 e. The van der Waals surface area contributed by atoms with Gasteiger partial charge in [0.25, 0.3) is 0 Å². The van der Waals surface area contributed by atoms with Crippen LogP contribution < -0.4 is 5.32 Å². The third-order valence-electron chi connectivity index (χ3n) is 2.91. The molecule has 0 bridgehead atoms. The van der Waals surface area contributed by atoms with Gasteiger partial charge in [-0.2, -0.15) is 0 Å². The lowest BCUT2D eigenvalue weighted by molar-refractivity contribution is -0.103. The number of nitrogens with zero attached hydrogens (tertiary/aromatic N) is 1. The number of hydrogen-bond donors (Lipinski definition) is 2. The molecule has 0 unspecified atom stereocenters. The Balaban J connectivity index is 1.90. The van der Waals surface area contributed by atoms with E-state index in [1.54, 1.807) is 30.3 Å². The summed E-state index contributed by atoms with van der Waals surface area (Å²) in [5, 5.41) is 12.3. The molecule has 2 aromatic carbocycles. The molecule has 2 N–H and O–H groups in total. The van der Waals surface area contributed by atoms with Gasteiger partial charge in [0.15, 0.2) is 11.9 Å². The molecule has 0 atom stereocenters. The fourth-order valence-corrected chi connectivity index (χ4v) is 1.90. The normalized spacial score (nSPS) is 11.5. The minimum atomic E-state index is 0.142. The first-order chi connectivity index (χ1) is 10.3. The Morgan fingerprint density at radius 2 is 2.05 bits per heavy atom. The predicted molar refractivity (Wildman–Crippen MR) is 79.8 cm³/mol. The number of anilines is 1. The molecule has 0 saturated heterocycles. The number of rotatable bonds is 4. The van der Waals surface area contributed by atoms with Crippen molar-refractivity contribution in [1.82, 2.24) is 4.98 Å². The van der Waals surface area contributed by atoms with Crippen LogP contribution in [-0.2, 0) is 4.79 Å². The zero-order chi connectivity index (χ0) is 14.7. The summed E-state index contributed by atoms with van der Waals surface area (Å²) in [4.78, 5) is 15.5. The van der Waals surface area contributed by atoms with Gasteiger partial charge in [-0.05, 0) is 24.3 Å². The lowest BCUT2D eigenvalue weighted by Crippen LogP contribution is -1.93. The summed E-state index contributed by atoms with van der Waals surface area (Å²) in [7, 11) is 0. The van der Waals surface area contributed by atoms with Gasteiger partial charge in [0.05, 0.1) is 5.57 Å². The van der Waals surface area contributed by atoms with E-state index in [4.69, 9.17) is 4.42 Å². The number of aromatic hydroxyl groups is 1. The second-order valence-corrected chi connectivity index (χ2v) is 4.40. The highest BCUT2D eigenvalue weighted by Gasteiger charge is 2.09. The lowest BCUT2D eigenvalue weighted by Gasteiger charge is -2.01. The topological polar surface area (TPSA) is 75.4 Å². The summed E-state index contributed by atoms with van der Waals surface area (Å²) in [6.45, 7) is 0. The summed E-state index contributed by atoms with van der Waals surface area (Å²) in [6.07, 6.45) is 2.16. The molecule has 0 aliphatic carbocycles. The van der Waals surface area contributed by atoms with Crippen molar-refractivity contribution in [2.45, 2.75) is 0 Å². The van der Waals surface area contributed by atoms with E-state index in [2.05, 4.69) is 10.3 Å². The number of benzene rings is 2. The number of aldehydes is 1. The van der Waals surface area contributed by atoms with Crippen molar-refractivity contribution in [1.29, 1.82) is 0 Å². The first-order valence-electron chi connectivity index (χ1n) is 6.33. The van der Waals surface area contributed by atoms with Crippen LogP contribution in [0.2, 0.25) is 0 Å². The zero-order valence-corrected chi connectivity index (χ0v) is 11.0. The molecule has 0 radical (unpaired) electrons. The molecule has 0 fully saturated rings. The number of para-hydroxylation sites is 2. The quantitative estimate of drug-likeness (QED) is 0.567. The van der Waals surface area contributed by atoms with Crippen molar-refractivity contribution in [3.63, 3.8) is 0 Å². The van der Waals surface area contributed by atoms with Crippen molar-refractivity contribution in [2.24, 2.45) is 0 Å². The van der Waals surface area contributed by atoms with E-state index in [-0.39, 0.29) is 17.2 Å². The Morgan fingerprint density at radius 1 is 1.19 bits per heavy atom. The number of allylic oxidation sites excluding steroid dienone is 1. The van der Waals surface area contributed by atoms with Crippen LogP contribution in [0, 0.1) is 0 Å². The average Bonchev–Trinajstić information content (AvgIpc) is 2.91. The molecular weight excluding hydrogens is 268 g/mol. The summed E-state index contributed by atoms with van der Waals surface area (Å²) in [5.41, 5.74) is 2.26. The van der Waals surface area contributed by atoms with Crippen LogP contribution in [-0.4, -0.2) is 16.4 Å². The molecule has 0 aliphatic rings. The third kappa shape index (κ3) is 2.76. The van der Waals surface area contributed by atoms with Gasteiger partial charge in [0.1, 0.15) is 11.3 Å². The van der Waals surface area contributed by atoms with Crippen molar-refractivity contribution in [3.8, 4) is 5.75 Å². The molecule has 3 aromatic rings. The van der Waals surface area contributed by atoms with Gasteiger partial charge in [-0.3, -0.25) is 4.79 Å². The van der Waals surface area contributed by atoms with Crippen LogP contribution in [0.5, 0.6) is 5.75 Å². The third-order valence-corrected chi connectivity index (χ3v) is 2.91. The maximum Gasteiger partial charge on any atom is 0.232 e. The van der Waals surface area contributed by atoms with E-state index >= 15 is 0 Å². The fourth-order valence-electron chi connectivity index (χ4n) is 1.90. The number of phenols is 1. The average molecular weight is 280 g/mol. The molecule has 0 spiro atoms. The highest BCUT2D eigenvalue weighted by atomic mass is 16.3. The molecule has 21 heavy (non-hydrogen) atoms. The van der Waals surface area contributed by atoms with Crippen molar-refractivity contribution in [2.75, 3.05) is 5.32 Å². The number of aromatic nitrogens is 1. The summed E-state index contributed by atoms with van der Waals surface area (Å²) in [5.74, 6) is 0.391. The number of hydrogen-bond acceptors (Lipinski definition) is 5. The SMILES string of the molecule is O=C/C(=C\Nc1cccc(O)c1)c1nc2ccccc2o1. The van der Waals surface area contributed by atoms with Gasteiger partial charge in [-0.25, -0.2) is 4.98 Å². The second kappa shape index (κ2) is 5.50. The molecule has 0 aliphatic heterocycles.